The Labute approximate surface area is 149 Å². The summed E-state index contributed by atoms with van der Waals surface area (Å²) in [5.74, 6) is 0.608. The molecule has 130 valence electrons. The Morgan fingerprint density at radius 1 is 1.17 bits per heavy atom. The topological polar surface area (TPSA) is 64.3 Å². The van der Waals surface area contributed by atoms with Crippen molar-refractivity contribution >= 4 is 18.3 Å². The summed E-state index contributed by atoms with van der Waals surface area (Å²) >= 11 is 0. The van der Waals surface area contributed by atoms with E-state index in [9.17, 15) is 4.79 Å². The van der Waals surface area contributed by atoms with E-state index in [1.165, 1.54) is 0 Å². The molecule has 0 saturated heterocycles. The van der Waals surface area contributed by atoms with Crippen molar-refractivity contribution in [2.24, 2.45) is 5.73 Å². The fourth-order valence-corrected chi connectivity index (χ4v) is 2.28. The van der Waals surface area contributed by atoms with Crippen molar-refractivity contribution in [1.82, 2.24) is 5.32 Å². The monoisotopic (exact) mass is 348 g/mol. The van der Waals surface area contributed by atoms with E-state index in [1.807, 2.05) is 68.4 Å². The summed E-state index contributed by atoms with van der Waals surface area (Å²) in [7, 11) is 0. The molecule has 2 unspecified atom stereocenters. The second kappa shape index (κ2) is 8.71. The van der Waals surface area contributed by atoms with Gasteiger partial charge in [-0.15, -0.1) is 12.4 Å². The molecular weight excluding hydrogens is 324 g/mol. The van der Waals surface area contributed by atoms with Crippen molar-refractivity contribution in [1.29, 1.82) is 0 Å². The lowest BCUT2D eigenvalue weighted by Gasteiger charge is -2.25. The molecule has 5 heteroatoms. The molecule has 3 N–H and O–H groups in total. The summed E-state index contributed by atoms with van der Waals surface area (Å²) in [5.41, 5.74) is 6.98. The molecule has 0 aromatic heterocycles. The number of nitrogens with one attached hydrogen (secondary N) is 1. The summed E-state index contributed by atoms with van der Waals surface area (Å²) in [6, 6.07) is 17.2. The third kappa shape index (κ3) is 4.98. The van der Waals surface area contributed by atoms with E-state index in [-0.39, 0.29) is 24.4 Å². The quantitative estimate of drug-likeness (QED) is 0.842. The van der Waals surface area contributed by atoms with Crippen molar-refractivity contribution in [2.45, 2.75) is 32.4 Å². The maximum atomic E-state index is 12.4. The highest BCUT2D eigenvalue weighted by atomic mass is 35.5. The SMILES string of the molecule is Cc1ccccc1OC(C)CNC(=O)C(C)(N)c1ccccc1.Cl. The molecule has 0 fully saturated rings. The smallest absolute Gasteiger partial charge is 0.244 e. The molecule has 1 amide bonds. The van der Waals surface area contributed by atoms with Crippen LogP contribution in [0.4, 0.5) is 0 Å². The third-order valence-corrected chi connectivity index (χ3v) is 3.82. The number of amides is 1. The maximum absolute atomic E-state index is 12.4. The highest BCUT2D eigenvalue weighted by Gasteiger charge is 2.30. The Kier molecular flexibility index (Phi) is 7.26. The molecule has 2 aromatic rings. The van der Waals surface area contributed by atoms with Gasteiger partial charge in [0.2, 0.25) is 5.91 Å². The summed E-state index contributed by atoms with van der Waals surface area (Å²) in [6.07, 6.45) is -0.147. The molecule has 2 atom stereocenters. The van der Waals surface area contributed by atoms with Crippen LogP contribution in [0.25, 0.3) is 0 Å². The van der Waals surface area contributed by atoms with Gasteiger partial charge in [0.05, 0.1) is 6.54 Å². The van der Waals surface area contributed by atoms with E-state index in [4.69, 9.17) is 10.5 Å². The van der Waals surface area contributed by atoms with Gasteiger partial charge in [0, 0.05) is 0 Å². The first-order valence-electron chi connectivity index (χ1n) is 7.76. The molecule has 24 heavy (non-hydrogen) atoms. The second-order valence-corrected chi connectivity index (χ2v) is 5.97. The summed E-state index contributed by atoms with van der Waals surface area (Å²) in [4.78, 5) is 12.4. The van der Waals surface area contributed by atoms with Crippen LogP contribution in [0.3, 0.4) is 0 Å². The molecule has 0 bridgehead atoms. The Balaban J connectivity index is 0.00000288. The number of benzene rings is 2. The fourth-order valence-electron chi connectivity index (χ4n) is 2.28. The Bertz CT molecular complexity index is 659. The van der Waals surface area contributed by atoms with Gasteiger partial charge in [0.15, 0.2) is 0 Å². The van der Waals surface area contributed by atoms with E-state index in [0.29, 0.717) is 6.54 Å². The number of carbonyl (C=O) groups is 1. The summed E-state index contributed by atoms with van der Waals surface area (Å²) in [6.45, 7) is 6.02. The Hall–Kier alpha value is -2.04. The highest BCUT2D eigenvalue weighted by molar-refractivity contribution is 5.87. The van der Waals surface area contributed by atoms with E-state index >= 15 is 0 Å². The van der Waals surface area contributed by atoms with Crippen LogP contribution in [0, 0.1) is 6.92 Å². The molecule has 0 aliphatic carbocycles. The highest BCUT2D eigenvalue weighted by Crippen LogP contribution is 2.19. The first-order valence-corrected chi connectivity index (χ1v) is 7.76. The standard InChI is InChI=1S/C19H24N2O2.ClH/c1-14-9-7-8-12-17(14)23-15(2)13-21-18(22)19(3,20)16-10-5-4-6-11-16;/h4-12,15H,13,20H2,1-3H3,(H,21,22);1H. The zero-order valence-electron chi connectivity index (χ0n) is 14.3. The van der Waals surface area contributed by atoms with Crippen LogP contribution >= 0.6 is 12.4 Å². The van der Waals surface area contributed by atoms with Gasteiger partial charge in [-0.25, -0.2) is 0 Å². The number of para-hydroxylation sites is 1. The van der Waals surface area contributed by atoms with Crippen LogP contribution in [0.2, 0.25) is 0 Å². The average molecular weight is 349 g/mol. The van der Waals surface area contributed by atoms with Crippen LogP contribution in [0.5, 0.6) is 5.75 Å². The van der Waals surface area contributed by atoms with Crippen molar-refractivity contribution in [3.8, 4) is 5.75 Å². The predicted octanol–water partition coefficient (Wildman–Crippen LogP) is 3.17. The number of halogens is 1. The molecule has 0 aliphatic rings. The van der Waals surface area contributed by atoms with Gasteiger partial charge in [-0.05, 0) is 38.0 Å². The van der Waals surface area contributed by atoms with E-state index in [2.05, 4.69) is 5.32 Å². The van der Waals surface area contributed by atoms with Gasteiger partial charge in [0.1, 0.15) is 17.4 Å². The molecule has 4 nitrogen and oxygen atoms in total. The van der Waals surface area contributed by atoms with E-state index in [0.717, 1.165) is 16.9 Å². The van der Waals surface area contributed by atoms with Crippen molar-refractivity contribution in [3.63, 3.8) is 0 Å². The first-order chi connectivity index (χ1) is 10.9. The van der Waals surface area contributed by atoms with Gasteiger partial charge in [-0.1, -0.05) is 48.5 Å². The van der Waals surface area contributed by atoms with Crippen LogP contribution in [-0.4, -0.2) is 18.6 Å². The molecule has 0 spiro atoms. The van der Waals surface area contributed by atoms with E-state index in [1.54, 1.807) is 6.92 Å². The normalized spacial score (nSPS) is 14.0. The number of carbonyl (C=O) groups excluding carboxylic acids is 1. The zero-order chi connectivity index (χ0) is 16.9. The fraction of sp³-hybridized carbons (Fsp3) is 0.316. The Morgan fingerprint density at radius 2 is 1.75 bits per heavy atom. The first kappa shape index (κ1) is 20.0. The van der Waals surface area contributed by atoms with Crippen molar-refractivity contribution in [2.75, 3.05) is 6.54 Å². The van der Waals surface area contributed by atoms with E-state index < -0.39 is 5.54 Å². The molecular formula is C19H25ClN2O2. The van der Waals surface area contributed by atoms with Gasteiger partial charge >= 0.3 is 0 Å². The molecule has 0 saturated carbocycles. The van der Waals surface area contributed by atoms with Crippen LogP contribution < -0.4 is 15.8 Å². The number of aryl methyl sites for hydroxylation is 1. The number of nitrogens with two attached hydrogens (primary N) is 1. The molecule has 0 radical (unpaired) electrons. The summed E-state index contributed by atoms with van der Waals surface area (Å²) < 4.78 is 5.86. The predicted molar refractivity (Wildman–Crippen MR) is 99.5 cm³/mol. The van der Waals surface area contributed by atoms with Crippen molar-refractivity contribution in [3.05, 3.63) is 65.7 Å². The Morgan fingerprint density at radius 3 is 2.38 bits per heavy atom. The lowest BCUT2D eigenvalue weighted by atomic mass is 9.92. The lowest BCUT2D eigenvalue weighted by Crippen LogP contribution is -2.50. The summed E-state index contributed by atoms with van der Waals surface area (Å²) in [5, 5.41) is 2.87. The number of rotatable bonds is 6. The van der Waals surface area contributed by atoms with Gasteiger partial charge in [0.25, 0.3) is 0 Å². The van der Waals surface area contributed by atoms with Gasteiger partial charge < -0.3 is 15.8 Å². The average Bonchev–Trinajstić information content (AvgIpc) is 2.55. The molecule has 2 aromatic carbocycles. The van der Waals surface area contributed by atoms with Crippen LogP contribution in [-0.2, 0) is 10.3 Å². The van der Waals surface area contributed by atoms with Crippen LogP contribution in [0.1, 0.15) is 25.0 Å². The molecule has 0 heterocycles. The minimum Gasteiger partial charge on any atom is -0.489 e. The van der Waals surface area contributed by atoms with Crippen LogP contribution in [0.15, 0.2) is 54.6 Å². The van der Waals surface area contributed by atoms with Gasteiger partial charge in [-0.3, -0.25) is 4.79 Å². The zero-order valence-corrected chi connectivity index (χ0v) is 15.1. The maximum Gasteiger partial charge on any atom is 0.244 e. The second-order valence-electron chi connectivity index (χ2n) is 5.97. The molecule has 0 aliphatic heterocycles. The minimum atomic E-state index is -1.07. The number of ether oxygens (including phenoxy) is 1. The van der Waals surface area contributed by atoms with Crippen molar-refractivity contribution < 1.29 is 9.53 Å². The largest absolute Gasteiger partial charge is 0.489 e. The van der Waals surface area contributed by atoms with Gasteiger partial charge in [-0.2, -0.15) is 0 Å². The lowest BCUT2D eigenvalue weighted by molar-refractivity contribution is -0.126. The molecule has 2 rings (SSSR count). The minimum absolute atomic E-state index is 0. The number of hydrogen-bond acceptors (Lipinski definition) is 3. The number of hydrogen-bond donors (Lipinski definition) is 2. The third-order valence-electron chi connectivity index (χ3n) is 3.82.